The molecule has 1 rings (SSSR count). The Balaban J connectivity index is 2.38. The van der Waals surface area contributed by atoms with Gasteiger partial charge in [0.05, 0.1) is 0 Å². The van der Waals surface area contributed by atoms with E-state index in [4.69, 9.17) is 0 Å². The monoisotopic (exact) mass is 265 g/mol. The van der Waals surface area contributed by atoms with Crippen LogP contribution in [0.3, 0.4) is 0 Å². The van der Waals surface area contributed by atoms with Crippen molar-refractivity contribution in [2.24, 2.45) is 0 Å². The summed E-state index contributed by atoms with van der Waals surface area (Å²) in [5.74, 6) is -0.0966. The maximum Gasteiger partial charge on any atom is 0.126 e. The third-order valence-corrected chi connectivity index (χ3v) is 3.79. The van der Waals surface area contributed by atoms with Gasteiger partial charge in [-0.15, -0.1) is 0 Å². The Morgan fingerprint density at radius 2 is 1.79 bits per heavy atom. The normalized spacial score (nSPS) is 12.6. The molecule has 0 spiro atoms. The van der Waals surface area contributed by atoms with E-state index in [0.29, 0.717) is 0 Å². The zero-order valence-electron chi connectivity index (χ0n) is 12.6. The average Bonchev–Trinajstić information content (AvgIpc) is 2.41. The first-order chi connectivity index (χ1) is 9.19. The molecule has 2 heteroatoms. The molecule has 1 N–H and O–H groups in total. The largest absolute Gasteiger partial charge is 0.313 e. The molecule has 0 saturated heterocycles. The van der Waals surface area contributed by atoms with Crippen LogP contribution < -0.4 is 5.32 Å². The molecule has 0 radical (unpaired) electrons. The zero-order chi connectivity index (χ0) is 14.1. The second-order valence-electron chi connectivity index (χ2n) is 5.41. The van der Waals surface area contributed by atoms with Crippen LogP contribution in [0.15, 0.2) is 18.2 Å². The van der Waals surface area contributed by atoms with Gasteiger partial charge in [-0.2, -0.15) is 0 Å². The van der Waals surface area contributed by atoms with E-state index in [1.807, 2.05) is 19.2 Å². The van der Waals surface area contributed by atoms with Gasteiger partial charge in [-0.05, 0) is 37.6 Å². The molecule has 108 valence electrons. The van der Waals surface area contributed by atoms with Crippen molar-refractivity contribution < 1.29 is 4.39 Å². The van der Waals surface area contributed by atoms with Crippen LogP contribution in [0.5, 0.6) is 0 Å². The summed E-state index contributed by atoms with van der Waals surface area (Å²) >= 11 is 0. The summed E-state index contributed by atoms with van der Waals surface area (Å²) in [4.78, 5) is 0. The van der Waals surface area contributed by atoms with Crippen LogP contribution in [0.1, 0.15) is 69.0 Å². The van der Waals surface area contributed by atoms with Crippen molar-refractivity contribution >= 4 is 0 Å². The van der Waals surface area contributed by atoms with Gasteiger partial charge in [0, 0.05) is 6.04 Å². The molecule has 0 aromatic heterocycles. The lowest BCUT2D eigenvalue weighted by atomic mass is 9.98. The number of benzene rings is 1. The van der Waals surface area contributed by atoms with Gasteiger partial charge in [0.2, 0.25) is 0 Å². The number of hydrogen-bond donors (Lipinski definition) is 1. The van der Waals surface area contributed by atoms with Crippen LogP contribution in [0.25, 0.3) is 0 Å². The average molecular weight is 265 g/mol. The summed E-state index contributed by atoms with van der Waals surface area (Å²) in [6, 6.07) is 5.86. The molecule has 0 aliphatic carbocycles. The minimum Gasteiger partial charge on any atom is -0.313 e. The molecule has 0 aliphatic rings. The van der Waals surface area contributed by atoms with E-state index in [1.165, 1.54) is 38.5 Å². The molecule has 1 aromatic rings. The first-order valence-corrected chi connectivity index (χ1v) is 7.62. The van der Waals surface area contributed by atoms with Crippen molar-refractivity contribution in [2.75, 3.05) is 7.05 Å². The Labute approximate surface area is 117 Å². The summed E-state index contributed by atoms with van der Waals surface area (Å²) in [6.07, 6.45) is 8.90. The van der Waals surface area contributed by atoms with Gasteiger partial charge in [-0.3, -0.25) is 0 Å². The smallest absolute Gasteiger partial charge is 0.126 e. The van der Waals surface area contributed by atoms with E-state index in [9.17, 15) is 4.39 Å². The summed E-state index contributed by atoms with van der Waals surface area (Å²) < 4.78 is 13.6. The van der Waals surface area contributed by atoms with Crippen LogP contribution in [-0.2, 0) is 0 Å². The van der Waals surface area contributed by atoms with Crippen molar-refractivity contribution in [1.82, 2.24) is 5.32 Å². The highest BCUT2D eigenvalue weighted by Gasteiger charge is 2.10. The second kappa shape index (κ2) is 9.08. The molecule has 0 heterocycles. The van der Waals surface area contributed by atoms with Gasteiger partial charge in [0.1, 0.15) is 5.82 Å². The highest BCUT2D eigenvalue weighted by Crippen LogP contribution is 2.22. The number of nitrogens with one attached hydrogen (secondary N) is 1. The SMILES string of the molecule is CCCCCCCCC(NC)c1ccc(C)c(F)c1. The summed E-state index contributed by atoms with van der Waals surface area (Å²) in [5.41, 5.74) is 1.79. The van der Waals surface area contributed by atoms with Crippen LogP contribution in [-0.4, -0.2) is 7.05 Å². The topological polar surface area (TPSA) is 12.0 Å². The van der Waals surface area contributed by atoms with Crippen molar-refractivity contribution in [2.45, 2.75) is 64.8 Å². The van der Waals surface area contributed by atoms with Gasteiger partial charge in [0.15, 0.2) is 0 Å². The molecule has 0 saturated carbocycles. The van der Waals surface area contributed by atoms with Crippen LogP contribution in [0.4, 0.5) is 4.39 Å². The molecule has 1 aromatic carbocycles. The minimum absolute atomic E-state index is 0.0966. The van der Waals surface area contributed by atoms with Crippen LogP contribution >= 0.6 is 0 Å². The highest BCUT2D eigenvalue weighted by molar-refractivity contribution is 5.25. The van der Waals surface area contributed by atoms with E-state index in [1.54, 1.807) is 13.0 Å². The lowest BCUT2D eigenvalue weighted by Crippen LogP contribution is -2.16. The minimum atomic E-state index is -0.0966. The Morgan fingerprint density at radius 1 is 1.11 bits per heavy atom. The van der Waals surface area contributed by atoms with Crippen LogP contribution in [0.2, 0.25) is 0 Å². The van der Waals surface area contributed by atoms with Crippen molar-refractivity contribution in [3.63, 3.8) is 0 Å². The molecule has 0 bridgehead atoms. The van der Waals surface area contributed by atoms with Crippen molar-refractivity contribution in [1.29, 1.82) is 0 Å². The maximum absolute atomic E-state index is 13.6. The van der Waals surface area contributed by atoms with Gasteiger partial charge in [-0.1, -0.05) is 57.6 Å². The second-order valence-corrected chi connectivity index (χ2v) is 5.41. The number of hydrogen-bond acceptors (Lipinski definition) is 1. The first kappa shape index (κ1) is 16.2. The van der Waals surface area contributed by atoms with E-state index < -0.39 is 0 Å². The molecule has 1 nitrogen and oxygen atoms in total. The van der Waals surface area contributed by atoms with E-state index in [2.05, 4.69) is 12.2 Å². The number of unbranched alkanes of at least 4 members (excludes halogenated alkanes) is 5. The fourth-order valence-corrected chi connectivity index (χ4v) is 2.43. The van der Waals surface area contributed by atoms with Crippen LogP contribution in [0, 0.1) is 12.7 Å². The third kappa shape index (κ3) is 5.73. The molecule has 1 atom stereocenters. The van der Waals surface area contributed by atoms with Gasteiger partial charge >= 0.3 is 0 Å². The number of halogens is 1. The molecule has 0 aliphatic heterocycles. The standard InChI is InChI=1S/C17H28FN/c1-4-5-6-7-8-9-10-17(19-3)15-12-11-14(2)16(18)13-15/h11-13,17,19H,4-10H2,1-3H3. The number of aryl methyl sites for hydroxylation is 1. The quantitative estimate of drug-likeness (QED) is 0.609. The van der Waals surface area contributed by atoms with E-state index >= 15 is 0 Å². The highest BCUT2D eigenvalue weighted by atomic mass is 19.1. The first-order valence-electron chi connectivity index (χ1n) is 7.62. The molecule has 0 amide bonds. The van der Waals surface area contributed by atoms with Gasteiger partial charge in [-0.25, -0.2) is 4.39 Å². The molecule has 19 heavy (non-hydrogen) atoms. The molecule has 1 unspecified atom stereocenters. The Hall–Kier alpha value is -0.890. The number of rotatable bonds is 9. The lowest BCUT2D eigenvalue weighted by molar-refractivity contribution is 0.494. The van der Waals surface area contributed by atoms with E-state index in [-0.39, 0.29) is 11.9 Å². The zero-order valence-corrected chi connectivity index (χ0v) is 12.6. The molecule has 0 fully saturated rings. The summed E-state index contributed by atoms with van der Waals surface area (Å²) in [6.45, 7) is 4.05. The fourth-order valence-electron chi connectivity index (χ4n) is 2.43. The molecular weight excluding hydrogens is 237 g/mol. The Kier molecular flexibility index (Phi) is 7.73. The predicted octanol–water partition coefficient (Wildman–Crippen LogP) is 5.15. The predicted molar refractivity (Wildman–Crippen MR) is 80.9 cm³/mol. The Bertz CT molecular complexity index is 362. The van der Waals surface area contributed by atoms with Gasteiger partial charge in [0.25, 0.3) is 0 Å². The van der Waals surface area contributed by atoms with E-state index in [0.717, 1.165) is 17.5 Å². The van der Waals surface area contributed by atoms with Crippen molar-refractivity contribution in [3.8, 4) is 0 Å². The Morgan fingerprint density at radius 3 is 2.42 bits per heavy atom. The maximum atomic E-state index is 13.6. The summed E-state index contributed by atoms with van der Waals surface area (Å²) in [5, 5.41) is 3.30. The lowest BCUT2D eigenvalue weighted by Gasteiger charge is -2.17. The molecular formula is C17H28FN. The fraction of sp³-hybridized carbons (Fsp3) is 0.647. The summed E-state index contributed by atoms with van der Waals surface area (Å²) in [7, 11) is 1.96. The van der Waals surface area contributed by atoms with Crippen molar-refractivity contribution in [3.05, 3.63) is 35.1 Å². The van der Waals surface area contributed by atoms with Gasteiger partial charge < -0.3 is 5.32 Å². The third-order valence-electron chi connectivity index (χ3n) is 3.79.